The molecule has 0 amide bonds. The van der Waals surface area contributed by atoms with Crippen molar-refractivity contribution in [2.24, 2.45) is 5.73 Å². The van der Waals surface area contributed by atoms with Gasteiger partial charge in [0.15, 0.2) is 17.3 Å². The Morgan fingerprint density at radius 2 is 2.39 bits per heavy atom. The Kier molecular flexibility index (Phi) is 4.49. The number of para-hydroxylation sites is 1. The van der Waals surface area contributed by atoms with Gasteiger partial charge in [0.2, 0.25) is 0 Å². The molecule has 0 spiro atoms. The van der Waals surface area contributed by atoms with Crippen molar-refractivity contribution in [3.05, 3.63) is 23.8 Å². The van der Waals surface area contributed by atoms with Gasteiger partial charge in [-0.15, -0.1) is 0 Å². The molecular formula is C13H17NO3S. The first-order valence-electron chi connectivity index (χ1n) is 5.91. The highest BCUT2D eigenvalue weighted by atomic mass is 32.2. The van der Waals surface area contributed by atoms with E-state index in [1.165, 1.54) is 0 Å². The van der Waals surface area contributed by atoms with E-state index in [2.05, 4.69) is 0 Å². The molecule has 1 aliphatic heterocycles. The number of hydrogen-bond acceptors (Lipinski definition) is 5. The van der Waals surface area contributed by atoms with Crippen LogP contribution in [0.2, 0.25) is 0 Å². The number of carbonyl (C=O) groups excluding carboxylic acids is 1. The minimum absolute atomic E-state index is 0.0249. The minimum Gasteiger partial charge on any atom is -0.493 e. The predicted octanol–water partition coefficient (Wildman–Crippen LogP) is 1.72. The molecular weight excluding hydrogens is 250 g/mol. The van der Waals surface area contributed by atoms with Crippen molar-refractivity contribution in [2.75, 3.05) is 25.2 Å². The molecule has 1 fully saturated rings. The van der Waals surface area contributed by atoms with Crippen molar-refractivity contribution in [2.45, 2.75) is 12.5 Å². The van der Waals surface area contributed by atoms with E-state index in [9.17, 15) is 4.79 Å². The molecule has 0 aliphatic carbocycles. The number of rotatable bonds is 5. The van der Waals surface area contributed by atoms with E-state index < -0.39 is 0 Å². The van der Waals surface area contributed by atoms with E-state index in [0.717, 1.165) is 17.9 Å². The van der Waals surface area contributed by atoms with Crippen molar-refractivity contribution >= 4 is 17.5 Å². The number of hydrogen-bond donors (Lipinski definition) is 1. The van der Waals surface area contributed by atoms with Crippen LogP contribution in [-0.4, -0.2) is 37.0 Å². The molecule has 2 rings (SSSR count). The second-order valence-corrected chi connectivity index (χ2v) is 5.22. The molecule has 0 bridgehead atoms. The van der Waals surface area contributed by atoms with E-state index in [1.54, 1.807) is 25.3 Å². The van der Waals surface area contributed by atoms with Crippen LogP contribution in [0.3, 0.4) is 0 Å². The number of ether oxygens (including phenoxy) is 2. The number of carbonyl (C=O) groups is 1. The number of ketones is 1. The number of thioether (sulfide) groups is 1. The van der Waals surface area contributed by atoms with Crippen LogP contribution < -0.4 is 15.2 Å². The molecule has 98 valence electrons. The van der Waals surface area contributed by atoms with Crippen molar-refractivity contribution in [1.82, 2.24) is 0 Å². The average Bonchev–Trinajstić information content (AvgIpc) is 2.91. The number of Topliss-reactive ketones (excluding diaryl/α,β-unsaturated/α-hetero) is 1. The molecule has 1 atom stereocenters. The van der Waals surface area contributed by atoms with Gasteiger partial charge >= 0.3 is 0 Å². The topological polar surface area (TPSA) is 61.5 Å². The standard InChI is InChI=1S/C13H17NO3S/c1-16-12-4-2-3-10(11(15)7-14)13(12)17-9-5-6-18-8-9/h2-4,9H,5-8,14H2,1H3. The zero-order valence-electron chi connectivity index (χ0n) is 10.3. The Hall–Kier alpha value is -1.20. The van der Waals surface area contributed by atoms with E-state index in [4.69, 9.17) is 15.2 Å². The summed E-state index contributed by atoms with van der Waals surface area (Å²) in [4.78, 5) is 11.8. The molecule has 1 aromatic rings. The number of benzene rings is 1. The second kappa shape index (κ2) is 6.11. The maximum atomic E-state index is 11.8. The van der Waals surface area contributed by atoms with Crippen LogP contribution in [0, 0.1) is 0 Å². The van der Waals surface area contributed by atoms with Gasteiger partial charge in [0.05, 0.1) is 19.2 Å². The Morgan fingerprint density at radius 3 is 3.00 bits per heavy atom. The van der Waals surface area contributed by atoms with Gasteiger partial charge in [-0.05, 0) is 24.3 Å². The zero-order valence-corrected chi connectivity index (χ0v) is 11.2. The first-order chi connectivity index (χ1) is 8.76. The molecule has 1 saturated heterocycles. The maximum Gasteiger partial charge on any atom is 0.180 e. The van der Waals surface area contributed by atoms with Gasteiger partial charge in [-0.1, -0.05) is 6.07 Å². The summed E-state index contributed by atoms with van der Waals surface area (Å²) in [6, 6.07) is 5.30. The minimum atomic E-state index is -0.130. The highest BCUT2D eigenvalue weighted by molar-refractivity contribution is 7.99. The molecule has 0 radical (unpaired) electrons. The third kappa shape index (κ3) is 2.79. The summed E-state index contributed by atoms with van der Waals surface area (Å²) in [5.74, 6) is 3.04. The fourth-order valence-corrected chi connectivity index (χ4v) is 2.99. The Labute approximate surface area is 111 Å². The van der Waals surface area contributed by atoms with Gasteiger partial charge in [-0.3, -0.25) is 4.79 Å². The molecule has 0 saturated carbocycles. The van der Waals surface area contributed by atoms with E-state index in [-0.39, 0.29) is 18.4 Å². The Morgan fingerprint density at radius 1 is 1.56 bits per heavy atom. The molecule has 4 nitrogen and oxygen atoms in total. The summed E-state index contributed by atoms with van der Waals surface area (Å²) in [5.41, 5.74) is 5.93. The van der Waals surface area contributed by atoms with Gasteiger partial charge in [0.25, 0.3) is 0 Å². The summed E-state index contributed by atoms with van der Waals surface area (Å²) in [6.07, 6.45) is 1.15. The van der Waals surface area contributed by atoms with Crippen LogP contribution in [0.15, 0.2) is 18.2 Å². The molecule has 1 unspecified atom stereocenters. The molecule has 18 heavy (non-hydrogen) atoms. The van der Waals surface area contributed by atoms with Crippen LogP contribution in [0.25, 0.3) is 0 Å². The summed E-state index contributed by atoms with van der Waals surface area (Å²) in [6.45, 7) is -0.0249. The average molecular weight is 267 g/mol. The van der Waals surface area contributed by atoms with Crippen LogP contribution in [0.4, 0.5) is 0 Å². The number of methoxy groups -OCH3 is 1. The van der Waals surface area contributed by atoms with E-state index >= 15 is 0 Å². The van der Waals surface area contributed by atoms with Crippen LogP contribution in [0.1, 0.15) is 16.8 Å². The lowest BCUT2D eigenvalue weighted by Crippen LogP contribution is -2.20. The smallest absolute Gasteiger partial charge is 0.180 e. The lowest BCUT2D eigenvalue weighted by Gasteiger charge is -2.18. The summed E-state index contributed by atoms with van der Waals surface area (Å²) in [7, 11) is 1.57. The first-order valence-corrected chi connectivity index (χ1v) is 7.06. The van der Waals surface area contributed by atoms with Crippen LogP contribution in [-0.2, 0) is 0 Å². The lowest BCUT2D eigenvalue weighted by atomic mass is 10.1. The monoisotopic (exact) mass is 267 g/mol. The normalized spacial score (nSPS) is 18.7. The molecule has 0 aromatic heterocycles. The van der Waals surface area contributed by atoms with Crippen LogP contribution in [0.5, 0.6) is 11.5 Å². The fraction of sp³-hybridized carbons (Fsp3) is 0.462. The number of nitrogens with two attached hydrogens (primary N) is 1. The summed E-state index contributed by atoms with van der Waals surface area (Å²) in [5, 5.41) is 0. The van der Waals surface area contributed by atoms with Crippen molar-refractivity contribution in [3.63, 3.8) is 0 Å². The second-order valence-electron chi connectivity index (χ2n) is 4.07. The zero-order chi connectivity index (χ0) is 13.0. The highest BCUT2D eigenvalue weighted by Gasteiger charge is 2.22. The third-order valence-electron chi connectivity index (χ3n) is 2.86. The Bertz CT molecular complexity index is 430. The van der Waals surface area contributed by atoms with Gasteiger partial charge in [-0.25, -0.2) is 0 Å². The fourth-order valence-electron chi connectivity index (χ4n) is 1.90. The van der Waals surface area contributed by atoms with E-state index in [0.29, 0.717) is 17.1 Å². The highest BCUT2D eigenvalue weighted by Crippen LogP contribution is 2.34. The van der Waals surface area contributed by atoms with Gasteiger partial charge in [0.1, 0.15) is 6.10 Å². The first kappa shape index (κ1) is 13.2. The van der Waals surface area contributed by atoms with Crippen LogP contribution >= 0.6 is 11.8 Å². The molecule has 1 aromatic carbocycles. The molecule has 2 N–H and O–H groups in total. The summed E-state index contributed by atoms with van der Waals surface area (Å²) >= 11 is 1.86. The molecule has 5 heteroatoms. The van der Waals surface area contributed by atoms with Gasteiger partial charge in [0, 0.05) is 5.75 Å². The quantitative estimate of drug-likeness (QED) is 0.823. The predicted molar refractivity (Wildman–Crippen MR) is 72.7 cm³/mol. The van der Waals surface area contributed by atoms with Gasteiger partial charge < -0.3 is 15.2 Å². The van der Waals surface area contributed by atoms with Crippen molar-refractivity contribution in [3.8, 4) is 11.5 Å². The Balaban J connectivity index is 2.30. The third-order valence-corrected chi connectivity index (χ3v) is 3.99. The largest absolute Gasteiger partial charge is 0.493 e. The molecule has 1 heterocycles. The van der Waals surface area contributed by atoms with Crippen molar-refractivity contribution < 1.29 is 14.3 Å². The summed E-state index contributed by atoms with van der Waals surface area (Å²) < 4.78 is 11.2. The maximum absolute atomic E-state index is 11.8. The molecule has 1 aliphatic rings. The van der Waals surface area contributed by atoms with Crippen molar-refractivity contribution in [1.29, 1.82) is 0 Å². The lowest BCUT2D eigenvalue weighted by molar-refractivity contribution is 0.0994. The van der Waals surface area contributed by atoms with Gasteiger partial charge in [-0.2, -0.15) is 11.8 Å². The SMILES string of the molecule is COc1cccc(C(=O)CN)c1OC1CCSC1. The van der Waals surface area contributed by atoms with E-state index in [1.807, 2.05) is 11.8 Å².